The molecule has 89 heavy (non-hydrogen) atoms. The first-order valence-electron chi connectivity index (χ1n) is 31.9. The van der Waals surface area contributed by atoms with Crippen molar-refractivity contribution in [1.29, 1.82) is 0 Å². The van der Waals surface area contributed by atoms with Gasteiger partial charge in [-0.05, 0) is 88.9 Å². The average Bonchev–Trinajstić information content (AvgIpc) is 2.06. The standard InChI is InChI=1S/C19H32O6.C18H32O7.C14H24O7.C13H24O5/c1-5-13-15(17(20)23-12-22-4)16(14(6-2)24-13)18(21)25-19(7-3)10-8-9-11-19;1-7-12-14(16(19)23-10-21-6)15(13(8-2)25-12)17(20)24-11-22-9-18(3,4)5;1-5-9-11(13(15)19-7-17-3)12(10(6-2)21-9)14(16)20-8-18-4;1-5-10-9(7-15-3)12(11(6-2)18-10)13(14)17-8-16-4/h13-16H,5-12H2,1-4H3;12-15H,7-11H2,1-6H3;9-12H,5-8H2,1-4H3;9-12H,5-8H2,1-4H3. The van der Waals surface area contributed by atoms with Crippen molar-refractivity contribution in [3.8, 4) is 0 Å². The van der Waals surface area contributed by atoms with Crippen molar-refractivity contribution in [3.63, 3.8) is 0 Å². The molecule has 0 aromatic rings. The van der Waals surface area contributed by atoms with Gasteiger partial charge in [0, 0.05) is 48.6 Å². The zero-order valence-electron chi connectivity index (χ0n) is 56.8. The smallest absolute Gasteiger partial charge is 0.314 e. The van der Waals surface area contributed by atoms with E-state index in [0.29, 0.717) is 51.7 Å². The minimum absolute atomic E-state index is 0.0116. The molecule has 0 aromatic carbocycles. The van der Waals surface area contributed by atoms with Crippen molar-refractivity contribution in [3.05, 3.63) is 0 Å². The molecule has 518 valence electrons. The normalized spacial score (nSPS) is 29.2. The van der Waals surface area contributed by atoms with Crippen molar-refractivity contribution in [2.45, 2.75) is 221 Å². The summed E-state index contributed by atoms with van der Waals surface area (Å²) in [5.41, 5.74) is -0.394. The number of hydrogen-bond donors (Lipinski definition) is 0. The molecule has 4 aliphatic heterocycles. The summed E-state index contributed by atoms with van der Waals surface area (Å²) in [7, 11) is 8.88. The van der Waals surface area contributed by atoms with Crippen LogP contribution < -0.4 is 0 Å². The van der Waals surface area contributed by atoms with E-state index in [1.54, 1.807) is 7.11 Å². The molecule has 4 heterocycles. The minimum atomic E-state index is -0.697. The fourth-order valence-corrected chi connectivity index (χ4v) is 12.3. The molecule has 4 saturated heterocycles. The first-order chi connectivity index (χ1) is 42.5. The molecule has 5 rings (SSSR count). The summed E-state index contributed by atoms with van der Waals surface area (Å²) < 4.78 is 94.6. The average molecular weight is 1280 g/mol. The molecule has 0 N–H and O–H groups in total. The van der Waals surface area contributed by atoms with Crippen molar-refractivity contribution >= 4 is 41.8 Å². The number of carbonyl (C=O) groups excluding carboxylic acids is 7. The summed E-state index contributed by atoms with van der Waals surface area (Å²) >= 11 is 0. The lowest BCUT2D eigenvalue weighted by atomic mass is 9.85. The van der Waals surface area contributed by atoms with Crippen LogP contribution in [0.3, 0.4) is 0 Å². The molecule has 0 amide bonds. The van der Waals surface area contributed by atoms with Gasteiger partial charge in [-0.2, -0.15) is 0 Å². The van der Waals surface area contributed by atoms with Gasteiger partial charge in [0.05, 0.1) is 103 Å². The lowest BCUT2D eigenvalue weighted by Crippen LogP contribution is -2.41. The summed E-state index contributed by atoms with van der Waals surface area (Å²) in [5, 5.41) is 0. The Bertz CT molecular complexity index is 2010. The largest absolute Gasteiger partial charge is 0.459 e. The SMILES string of the molecule is CCC1OC(CC)C(C(=O)OC2(CC)CCCC2)C1C(=O)OCOC.CCC1OC(CC)C(C(=O)OCOC)C1C(=O)OCOC.CCC1OC(CC)C(C(=O)OCOC)C1COC.CCC1OC(CC)C(C(=O)OCOCC(C)(C)C)C1C(=O)OCOC. The molecule has 1 aliphatic carbocycles. The molecule has 5 aliphatic rings. The van der Waals surface area contributed by atoms with Gasteiger partial charge in [0.15, 0.2) is 40.8 Å². The van der Waals surface area contributed by atoms with Crippen LogP contribution in [-0.2, 0) is 119 Å². The van der Waals surface area contributed by atoms with Crippen molar-refractivity contribution in [2.24, 2.45) is 52.8 Å². The number of hydrogen-bond acceptors (Lipinski definition) is 25. The monoisotopic (exact) mass is 1280 g/mol. The first kappa shape index (κ1) is 80.9. The highest BCUT2D eigenvalue weighted by atomic mass is 16.7. The maximum Gasteiger partial charge on any atom is 0.314 e. The molecular formula is C64H112O25. The van der Waals surface area contributed by atoms with Crippen LogP contribution in [0.5, 0.6) is 0 Å². The van der Waals surface area contributed by atoms with Gasteiger partial charge in [-0.25, -0.2) is 0 Å². The Morgan fingerprint density at radius 1 is 0.360 bits per heavy atom. The lowest BCUT2D eigenvalue weighted by Gasteiger charge is -2.31. The number of ether oxygens (including phenoxy) is 18. The fraction of sp³-hybridized carbons (Fsp3) is 0.891. The molecule has 0 radical (unpaired) electrons. The van der Waals surface area contributed by atoms with E-state index in [0.717, 1.165) is 44.9 Å². The third kappa shape index (κ3) is 24.4. The number of esters is 7. The molecule has 1 saturated carbocycles. The van der Waals surface area contributed by atoms with E-state index in [-0.39, 0.29) is 124 Å². The zero-order valence-corrected chi connectivity index (χ0v) is 56.8. The fourth-order valence-electron chi connectivity index (χ4n) is 12.3. The lowest BCUT2D eigenvalue weighted by molar-refractivity contribution is -0.174. The highest BCUT2D eigenvalue weighted by Crippen LogP contribution is 2.43. The summed E-state index contributed by atoms with van der Waals surface area (Å²) in [5.74, 6) is -7.18. The van der Waals surface area contributed by atoms with E-state index in [4.69, 9.17) is 85.3 Å². The molecule has 25 heteroatoms. The van der Waals surface area contributed by atoms with Gasteiger partial charge in [-0.3, -0.25) is 33.6 Å². The highest BCUT2D eigenvalue weighted by molar-refractivity contribution is 5.85. The predicted molar refractivity (Wildman–Crippen MR) is 321 cm³/mol. The second kappa shape index (κ2) is 42.9. The maximum absolute atomic E-state index is 13.0. The maximum atomic E-state index is 13.0. The van der Waals surface area contributed by atoms with E-state index in [9.17, 15) is 33.6 Å². The number of methoxy groups -OCH3 is 6. The number of carbonyl (C=O) groups is 7. The molecular weight excluding hydrogens is 1170 g/mol. The Hall–Kier alpha value is -4.15. The van der Waals surface area contributed by atoms with Gasteiger partial charge < -0.3 is 85.3 Å². The molecule has 0 bridgehead atoms. The van der Waals surface area contributed by atoms with Gasteiger partial charge in [-0.1, -0.05) is 83.1 Å². The Kier molecular flexibility index (Phi) is 39.0. The van der Waals surface area contributed by atoms with Crippen LogP contribution in [0, 0.1) is 52.8 Å². The zero-order chi connectivity index (χ0) is 66.9. The quantitative estimate of drug-likeness (QED) is 0.0264. The van der Waals surface area contributed by atoms with Gasteiger partial charge in [-0.15, -0.1) is 0 Å². The van der Waals surface area contributed by atoms with Crippen LogP contribution >= 0.6 is 0 Å². The van der Waals surface area contributed by atoms with Crippen LogP contribution in [-0.4, -0.2) is 193 Å². The van der Waals surface area contributed by atoms with Crippen LogP contribution in [0.1, 0.15) is 167 Å². The van der Waals surface area contributed by atoms with E-state index in [1.807, 2.05) is 69.2 Å². The molecule has 0 spiro atoms. The van der Waals surface area contributed by atoms with Crippen LogP contribution in [0.2, 0.25) is 0 Å². The Morgan fingerprint density at radius 2 is 0.618 bits per heavy atom. The van der Waals surface area contributed by atoms with Crippen molar-refractivity contribution < 1.29 is 119 Å². The molecule has 16 atom stereocenters. The van der Waals surface area contributed by atoms with E-state index < -0.39 is 65.4 Å². The van der Waals surface area contributed by atoms with Gasteiger partial charge >= 0.3 is 41.8 Å². The molecule has 16 unspecified atom stereocenters. The Labute approximate surface area is 529 Å². The first-order valence-corrected chi connectivity index (χ1v) is 31.9. The molecule has 25 nitrogen and oxygen atoms in total. The topological polar surface area (TPSA) is 286 Å². The summed E-state index contributed by atoms with van der Waals surface area (Å²) in [6.07, 6.45) is 8.03. The van der Waals surface area contributed by atoms with E-state index in [2.05, 4.69) is 13.8 Å². The summed E-state index contributed by atoms with van der Waals surface area (Å²) in [4.78, 5) is 87.0. The summed E-state index contributed by atoms with van der Waals surface area (Å²) in [6, 6.07) is 0. The third-order valence-electron chi connectivity index (χ3n) is 16.7. The van der Waals surface area contributed by atoms with Crippen molar-refractivity contribution in [1.82, 2.24) is 0 Å². The van der Waals surface area contributed by atoms with Gasteiger partial charge in [0.2, 0.25) is 0 Å². The minimum Gasteiger partial charge on any atom is -0.459 e. The molecule has 5 fully saturated rings. The van der Waals surface area contributed by atoms with Crippen molar-refractivity contribution in [2.75, 3.05) is 96.6 Å². The predicted octanol–water partition coefficient (Wildman–Crippen LogP) is 8.44. The Balaban J connectivity index is 0.000000408. The van der Waals surface area contributed by atoms with Gasteiger partial charge in [0.25, 0.3) is 0 Å². The highest BCUT2D eigenvalue weighted by Gasteiger charge is 2.56. The summed E-state index contributed by atoms with van der Waals surface area (Å²) in [6.45, 7) is 24.0. The van der Waals surface area contributed by atoms with E-state index >= 15 is 0 Å². The third-order valence-corrected chi connectivity index (χ3v) is 16.7. The second-order valence-corrected chi connectivity index (χ2v) is 23.9. The van der Waals surface area contributed by atoms with Crippen LogP contribution in [0.4, 0.5) is 0 Å². The second-order valence-electron chi connectivity index (χ2n) is 23.9. The van der Waals surface area contributed by atoms with E-state index in [1.165, 1.54) is 35.5 Å². The molecule has 0 aromatic heterocycles. The van der Waals surface area contributed by atoms with Crippen LogP contribution in [0.25, 0.3) is 0 Å². The Morgan fingerprint density at radius 3 is 0.876 bits per heavy atom. The van der Waals surface area contributed by atoms with Crippen LogP contribution in [0.15, 0.2) is 0 Å². The number of rotatable bonds is 32. The van der Waals surface area contributed by atoms with Gasteiger partial charge in [0.1, 0.15) is 5.60 Å².